The number of nitrogens with zero attached hydrogens (tertiary/aromatic N) is 1. The Bertz CT molecular complexity index is 833. The summed E-state index contributed by atoms with van der Waals surface area (Å²) in [7, 11) is 3.35. The van der Waals surface area contributed by atoms with Crippen LogP contribution in [0.25, 0.3) is 0 Å². The van der Waals surface area contributed by atoms with Crippen LogP contribution >= 0.6 is 11.8 Å². The topological polar surface area (TPSA) is 72.9 Å². The molecule has 6 nitrogen and oxygen atoms in total. The molecular weight excluding hydrogens is 378 g/mol. The van der Waals surface area contributed by atoms with Gasteiger partial charge in [-0.2, -0.15) is 0 Å². The van der Waals surface area contributed by atoms with Gasteiger partial charge in [0.05, 0.1) is 17.9 Å². The third kappa shape index (κ3) is 6.13. The third-order valence-corrected chi connectivity index (χ3v) is 4.84. The molecule has 0 aliphatic carbocycles. The molecule has 2 rings (SSSR count). The molecule has 2 aromatic rings. The Morgan fingerprint density at radius 3 is 2.32 bits per heavy atom. The zero-order valence-corrected chi connectivity index (χ0v) is 17.0. The minimum atomic E-state index is -0.598. The normalized spacial score (nSPS) is 10.2. The molecule has 0 atom stereocenters. The first-order valence-corrected chi connectivity index (χ1v) is 9.76. The van der Waals surface area contributed by atoms with Crippen molar-refractivity contribution in [3.05, 3.63) is 59.7 Å². The molecule has 0 heterocycles. The van der Waals surface area contributed by atoms with Crippen LogP contribution in [0.5, 0.6) is 5.75 Å². The number of amides is 1. The van der Waals surface area contributed by atoms with Crippen LogP contribution < -0.4 is 4.74 Å². The van der Waals surface area contributed by atoms with Crippen molar-refractivity contribution >= 4 is 29.4 Å². The number of thioether (sulfide) groups is 1. The maximum Gasteiger partial charge on any atom is 0.339 e. The quantitative estimate of drug-likeness (QED) is 0.365. The lowest BCUT2D eigenvalue weighted by Crippen LogP contribution is -2.23. The Hall–Kier alpha value is -2.80. The summed E-state index contributed by atoms with van der Waals surface area (Å²) in [6, 6.07) is 13.5. The van der Waals surface area contributed by atoms with E-state index in [-0.39, 0.29) is 24.1 Å². The number of carbonyl (C=O) groups is 3. The van der Waals surface area contributed by atoms with Crippen molar-refractivity contribution in [1.29, 1.82) is 0 Å². The van der Waals surface area contributed by atoms with Crippen molar-refractivity contribution in [2.75, 3.05) is 33.1 Å². The highest BCUT2D eigenvalue weighted by Crippen LogP contribution is 2.23. The number of Topliss-reactive ketones (excluding diaryl/α,β-unsaturated/α-hetero) is 1. The number of ketones is 1. The Labute approximate surface area is 168 Å². The van der Waals surface area contributed by atoms with E-state index in [9.17, 15) is 14.4 Å². The van der Waals surface area contributed by atoms with Gasteiger partial charge < -0.3 is 14.4 Å². The van der Waals surface area contributed by atoms with Gasteiger partial charge in [0.2, 0.25) is 5.91 Å². The first-order chi connectivity index (χ1) is 13.4. The first-order valence-electron chi connectivity index (χ1n) is 8.77. The number of hydrogen-bond donors (Lipinski definition) is 0. The van der Waals surface area contributed by atoms with Crippen LogP contribution in [0.1, 0.15) is 27.6 Å². The molecule has 0 aromatic heterocycles. The second-order valence-electron chi connectivity index (χ2n) is 6.03. The molecule has 0 aliphatic rings. The van der Waals surface area contributed by atoms with Gasteiger partial charge in [-0.15, -0.1) is 11.8 Å². The molecule has 28 heavy (non-hydrogen) atoms. The van der Waals surface area contributed by atoms with Gasteiger partial charge in [0.1, 0.15) is 5.75 Å². The second kappa shape index (κ2) is 10.5. The molecule has 0 fully saturated rings. The maximum absolute atomic E-state index is 12.4. The van der Waals surface area contributed by atoms with Crippen molar-refractivity contribution in [2.24, 2.45) is 0 Å². The first kappa shape index (κ1) is 21.5. The smallest absolute Gasteiger partial charge is 0.339 e. The number of rotatable bonds is 9. The monoisotopic (exact) mass is 401 g/mol. The fourth-order valence-electron chi connectivity index (χ4n) is 2.23. The summed E-state index contributed by atoms with van der Waals surface area (Å²) >= 11 is 1.26. The third-order valence-electron chi connectivity index (χ3n) is 3.78. The summed E-state index contributed by atoms with van der Waals surface area (Å²) < 4.78 is 10.5. The highest BCUT2D eigenvalue weighted by molar-refractivity contribution is 8.00. The molecule has 148 valence electrons. The SMILES string of the molecule is CCOc1ccc(C(=O)COC(=O)c2ccccc2SCC(=O)N(C)C)cc1. The summed E-state index contributed by atoms with van der Waals surface area (Å²) in [6.45, 7) is 2.07. The lowest BCUT2D eigenvalue weighted by Gasteiger charge is -2.12. The van der Waals surface area contributed by atoms with Crippen LogP contribution in [0.4, 0.5) is 0 Å². The lowest BCUT2D eigenvalue weighted by atomic mass is 10.1. The van der Waals surface area contributed by atoms with Gasteiger partial charge in [0.25, 0.3) is 0 Å². The predicted octanol–water partition coefficient (Wildman–Crippen LogP) is 3.31. The Kier molecular flexibility index (Phi) is 8.07. The number of carbonyl (C=O) groups excluding carboxylic acids is 3. The van der Waals surface area contributed by atoms with Crippen molar-refractivity contribution in [1.82, 2.24) is 4.90 Å². The van der Waals surface area contributed by atoms with E-state index in [2.05, 4.69) is 0 Å². The molecule has 0 N–H and O–H groups in total. The summed E-state index contributed by atoms with van der Waals surface area (Å²) in [4.78, 5) is 38.6. The van der Waals surface area contributed by atoms with E-state index >= 15 is 0 Å². The lowest BCUT2D eigenvalue weighted by molar-refractivity contribution is -0.125. The van der Waals surface area contributed by atoms with Crippen LogP contribution in [0.2, 0.25) is 0 Å². The Morgan fingerprint density at radius 2 is 1.68 bits per heavy atom. The summed E-state index contributed by atoms with van der Waals surface area (Å²) in [5.41, 5.74) is 0.772. The number of esters is 1. The van der Waals surface area contributed by atoms with E-state index in [4.69, 9.17) is 9.47 Å². The molecule has 0 bridgehead atoms. The van der Waals surface area contributed by atoms with E-state index in [1.165, 1.54) is 16.7 Å². The van der Waals surface area contributed by atoms with Gasteiger partial charge in [-0.05, 0) is 43.3 Å². The average molecular weight is 401 g/mol. The highest BCUT2D eigenvalue weighted by atomic mass is 32.2. The van der Waals surface area contributed by atoms with Crippen LogP contribution in [0, 0.1) is 0 Å². The molecule has 1 amide bonds. The number of hydrogen-bond acceptors (Lipinski definition) is 6. The maximum atomic E-state index is 12.4. The molecule has 7 heteroatoms. The molecule has 0 unspecified atom stereocenters. The fraction of sp³-hybridized carbons (Fsp3) is 0.286. The molecule has 0 saturated heterocycles. The zero-order valence-electron chi connectivity index (χ0n) is 16.1. The van der Waals surface area contributed by atoms with Crippen molar-refractivity contribution in [2.45, 2.75) is 11.8 Å². The molecule has 0 saturated carbocycles. The van der Waals surface area contributed by atoms with Crippen LogP contribution in [-0.2, 0) is 9.53 Å². The Morgan fingerprint density at radius 1 is 1.00 bits per heavy atom. The predicted molar refractivity (Wildman–Crippen MR) is 108 cm³/mol. The highest BCUT2D eigenvalue weighted by Gasteiger charge is 2.16. The van der Waals surface area contributed by atoms with Gasteiger partial charge in [-0.25, -0.2) is 4.79 Å². The van der Waals surface area contributed by atoms with Gasteiger partial charge in [0.15, 0.2) is 12.4 Å². The van der Waals surface area contributed by atoms with E-state index in [0.717, 1.165) is 0 Å². The van der Waals surface area contributed by atoms with Crippen molar-refractivity contribution < 1.29 is 23.9 Å². The van der Waals surface area contributed by atoms with Gasteiger partial charge in [0, 0.05) is 24.6 Å². The number of ether oxygens (including phenoxy) is 2. The van der Waals surface area contributed by atoms with E-state index in [1.807, 2.05) is 6.92 Å². The average Bonchev–Trinajstić information content (AvgIpc) is 2.70. The van der Waals surface area contributed by atoms with E-state index < -0.39 is 5.97 Å². The fourth-order valence-corrected chi connectivity index (χ4v) is 3.24. The van der Waals surface area contributed by atoms with Gasteiger partial charge in [-0.1, -0.05) is 12.1 Å². The largest absolute Gasteiger partial charge is 0.494 e. The van der Waals surface area contributed by atoms with Gasteiger partial charge >= 0.3 is 5.97 Å². The molecule has 0 spiro atoms. The molecular formula is C21H23NO5S. The van der Waals surface area contributed by atoms with Crippen LogP contribution in [-0.4, -0.2) is 55.6 Å². The number of benzene rings is 2. The minimum absolute atomic E-state index is 0.0566. The summed E-state index contributed by atoms with van der Waals surface area (Å²) in [5, 5.41) is 0. The molecule has 2 aromatic carbocycles. The van der Waals surface area contributed by atoms with Gasteiger partial charge in [-0.3, -0.25) is 9.59 Å². The standard InChI is InChI=1S/C21H23NO5S/c1-4-26-16-11-9-15(10-12-16)18(23)13-27-21(25)17-7-5-6-8-19(17)28-14-20(24)22(2)3/h5-12H,4,13-14H2,1-3H3. The van der Waals surface area contributed by atoms with E-state index in [0.29, 0.717) is 28.4 Å². The Balaban J connectivity index is 1.97. The van der Waals surface area contributed by atoms with E-state index in [1.54, 1.807) is 62.6 Å². The van der Waals surface area contributed by atoms with Crippen molar-refractivity contribution in [3.8, 4) is 5.75 Å². The van der Waals surface area contributed by atoms with Crippen LogP contribution in [0.3, 0.4) is 0 Å². The minimum Gasteiger partial charge on any atom is -0.494 e. The summed E-state index contributed by atoms with van der Waals surface area (Å²) in [6.07, 6.45) is 0. The second-order valence-corrected chi connectivity index (χ2v) is 7.05. The van der Waals surface area contributed by atoms with Crippen LogP contribution in [0.15, 0.2) is 53.4 Å². The van der Waals surface area contributed by atoms with Crippen molar-refractivity contribution in [3.63, 3.8) is 0 Å². The summed E-state index contributed by atoms with van der Waals surface area (Å²) in [5.74, 6) is -0.0697. The zero-order chi connectivity index (χ0) is 20.5. The molecule has 0 radical (unpaired) electrons. The molecule has 0 aliphatic heterocycles.